The third-order valence-electron chi connectivity index (χ3n) is 3.49. The second-order valence-electron chi connectivity index (χ2n) is 6.63. The molecule has 7 nitrogen and oxygen atoms in total. The van der Waals surface area contributed by atoms with Crippen LogP contribution in [-0.2, 0) is 19.1 Å². The zero-order valence-corrected chi connectivity index (χ0v) is 12.7. The molecule has 0 bridgehead atoms. The van der Waals surface area contributed by atoms with E-state index in [4.69, 9.17) is 9.47 Å². The Labute approximate surface area is 123 Å². The average molecular weight is 298 g/mol. The van der Waals surface area contributed by atoms with Crippen molar-refractivity contribution in [1.29, 1.82) is 0 Å². The Morgan fingerprint density at radius 2 is 2.10 bits per heavy atom. The molecule has 0 aromatic heterocycles. The van der Waals surface area contributed by atoms with Gasteiger partial charge in [0.15, 0.2) is 5.78 Å². The lowest BCUT2D eigenvalue weighted by atomic mass is 9.79. The summed E-state index contributed by atoms with van der Waals surface area (Å²) >= 11 is 0. The summed E-state index contributed by atoms with van der Waals surface area (Å²) in [6, 6.07) is 0. The Kier molecular flexibility index (Phi) is 4.22. The monoisotopic (exact) mass is 298 g/mol. The SMILES string of the molecule is CC(C)(C)OC(=O)N1CCOCC2(CC(=O)CNC2=O)C1. The van der Waals surface area contributed by atoms with Crippen molar-refractivity contribution in [1.82, 2.24) is 10.2 Å². The molecule has 2 aliphatic rings. The van der Waals surface area contributed by atoms with Crippen molar-refractivity contribution in [3.8, 4) is 0 Å². The number of hydrogen-bond acceptors (Lipinski definition) is 5. The number of amides is 2. The summed E-state index contributed by atoms with van der Waals surface area (Å²) in [4.78, 5) is 37.6. The Morgan fingerprint density at radius 1 is 1.38 bits per heavy atom. The molecule has 2 amide bonds. The van der Waals surface area contributed by atoms with Gasteiger partial charge in [-0.25, -0.2) is 4.79 Å². The molecule has 1 unspecified atom stereocenters. The number of carbonyl (C=O) groups is 3. The molecule has 21 heavy (non-hydrogen) atoms. The first-order valence-electron chi connectivity index (χ1n) is 7.08. The summed E-state index contributed by atoms with van der Waals surface area (Å²) in [5.74, 6) is -0.290. The Hall–Kier alpha value is -1.63. The highest BCUT2D eigenvalue weighted by Crippen LogP contribution is 2.30. The first-order valence-corrected chi connectivity index (χ1v) is 7.08. The second-order valence-corrected chi connectivity index (χ2v) is 6.63. The first kappa shape index (κ1) is 15.8. The molecule has 7 heteroatoms. The Balaban J connectivity index is 2.16. The van der Waals surface area contributed by atoms with Gasteiger partial charge in [0.25, 0.3) is 0 Å². The Bertz CT molecular complexity index is 457. The highest BCUT2D eigenvalue weighted by atomic mass is 16.6. The van der Waals surface area contributed by atoms with Crippen LogP contribution in [0.15, 0.2) is 0 Å². The van der Waals surface area contributed by atoms with Gasteiger partial charge in [0.05, 0.1) is 25.2 Å². The standard InChI is InChI=1S/C14H22N2O5/c1-13(2,3)21-12(19)16-4-5-20-9-14(8-16)6-10(17)7-15-11(14)18/h4-9H2,1-3H3,(H,15,18). The van der Waals surface area contributed by atoms with Gasteiger partial charge in [-0.3, -0.25) is 9.59 Å². The largest absolute Gasteiger partial charge is 0.444 e. The first-order chi connectivity index (χ1) is 9.72. The van der Waals surface area contributed by atoms with E-state index < -0.39 is 17.1 Å². The topological polar surface area (TPSA) is 84.9 Å². The van der Waals surface area contributed by atoms with Crippen molar-refractivity contribution in [2.75, 3.05) is 32.8 Å². The van der Waals surface area contributed by atoms with Crippen molar-refractivity contribution < 1.29 is 23.9 Å². The number of hydrogen-bond donors (Lipinski definition) is 1. The molecule has 2 aliphatic heterocycles. The zero-order chi connectivity index (χ0) is 15.7. The smallest absolute Gasteiger partial charge is 0.410 e. The van der Waals surface area contributed by atoms with Crippen LogP contribution in [0.2, 0.25) is 0 Å². The van der Waals surface area contributed by atoms with E-state index in [-0.39, 0.29) is 37.8 Å². The highest BCUT2D eigenvalue weighted by Gasteiger charge is 2.47. The summed E-state index contributed by atoms with van der Waals surface area (Å²) < 4.78 is 10.8. The van der Waals surface area contributed by atoms with Gasteiger partial charge in [-0.2, -0.15) is 0 Å². The van der Waals surface area contributed by atoms with Crippen LogP contribution in [0, 0.1) is 5.41 Å². The summed E-state index contributed by atoms with van der Waals surface area (Å²) in [7, 11) is 0. The van der Waals surface area contributed by atoms with Crippen LogP contribution < -0.4 is 5.32 Å². The van der Waals surface area contributed by atoms with E-state index in [2.05, 4.69) is 5.32 Å². The van der Waals surface area contributed by atoms with Gasteiger partial charge >= 0.3 is 6.09 Å². The summed E-state index contributed by atoms with van der Waals surface area (Å²) in [6.07, 6.45) is -0.392. The normalized spacial score (nSPS) is 27.3. The highest BCUT2D eigenvalue weighted by molar-refractivity contribution is 5.97. The van der Waals surface area contributed by atoms with E-state index in [1.165, 1.54) is 4.90 Å². The molecule has 2 saturated heterocycles. The lowest BCUT2D eigenvalue weighted by Gasteiger charge is -2.36. The summed E-state index contributed by atoms with van der Waals surface area (Å²) in [5.41, 5.74) is -1.61. The van der Waals surface area contributed by atoms with Crippen molar-refractivity contribution in [2.45, 2.75) is 32.8 Å². The van der Waals surface area contributed by atoms with Gasteiger partial charge < -0.3 is 19.7 Å². The minimum atomic E-state index is -0.997. The van der Waals surface area contributed by atoms with E-state index >= 15 is 0 Å². The van der Waals surface area contributed by atoms with Gasteiger partial charge in [0.2, 0.25) is 5.91 Å². The third-order valence-corrected chi connectivity index (χ3v) is 3.49. The van der Waals surface area contributed by atoms with Gasteiger partial charge in [-0.05, 0) is 20.8 Å². The van der Waals surface area contributed by atoms with Crippen LogP contribution in [0.3, 0.4) is 0 Å². The van der Waals surface area contributed by atoms with E-state index in [9.17, 15) is 14.4 Å². The summed E-state index contributed by atoms with van der Waals surface area (Å²) in [5, 5.41) is 2.58. The van der Waals surface area contributed by atoms with Gasteiger partial charge in [0, 0.05) is 19.5 Å². The molecule has 0 aliphatic carbocycles. The zero-order valence-electron chi connectivity index (χ0n) is 12.7. The molecule has 0 aromatic carbocycles. The number of piperidine rings is 1. The number of rotatable bonds is 0. The molecule has 2 rings (SSSR count). The van der Waals surface area contributed by atoms with Crippen molar-refractivity contribution in [3.05, 3.63) is 0 Å². The maximum absolute atomic E-state index is 12.2. The number of ketones is 1. The fourth-order valence-electron chi connectivity index (χ4n) is 2.55. The number of nitrogens with zero attached hydrogens (tertiary/aromatic N) is 1. The molecule has 0 saturated carbocycles. The number of Topliss-reactive ketones (excluding diaryl/α,β-unsaturated/α-hetero) is 1. The maximum atomic E-state index is 12.2. The molecular weight excluding hydrogens is 276 g/mol. The predicted octanol–water partition coefficient (Wildman–Crippen LogP) is 0.329. The molecule has 1 atom stereocenters. The van der Waals surface area contributed by atoms with Crippen molar-refractivity contribution in [3.63, 3.8) is 0 Å². The van der Waals surface area contributed by atoms with E-state index in [1.807, 2.05) is 0 Å². The van der Waals surface area contributed by atoms with Gasteiger partial charge in [0.1, 0.15) is 5.60 Å². The molecule has 2 heterocycles. The van der Waals surface area contributed by atoms with Crippen molar-refractivity contribution in [2.24, 2.45) is 5.41 Å². The molecule has 0 radical (unpaired) electrons. The van der Waals surface area contributed by atoms with Crippen LogP contribution >= 0.6 is 0 Å². The van der Waals surface area contributed by atoms with Gasteiger partial charge in [-0.1, -0.05) is 0 Å². The molecule has 118 valence electrons. The van der Waals surface area contributed by atoms with E-state index in [0.717, 1.165) is 0 Å². The van der Waals surface area contributed by atoms with Crippen LogP contribution in [-0.4, -0.2) is 61.1 Å². The molecule has 0 aromatic rings. The minimum Gasteiger partial charge on any atom is -0.444 e. The number of ether oxygens (including phenoxy) is 2. The van der Waals surface area contributed by atoms with Crippen LogP contribution in [0.25, 0.3) is 0 Å². The molecular formula is C14H22N2O5. The lowest BCUT2D eigenvalue weighted by molar-refractivity contribution is -0.144. The molecule has 2 fully saturated rings. The summed E-state index contributed by atoms with van der Waals surface area (Å²) in [6.45, 7) is 6.35. The Morgan fingerprint density at radius 3 is 2.76 bits per heavy atom. The fourth-order valence-corrected chi connectivity index (χ4v) is 2.55. The number of carbonyl (C=O) groups excluding carboxylic acids is 3. The van der Waals surface area contributed by atoms with Gasteiger partial charge in [-0.15, -0.1) is 0 Å². The lowest BCUT2D eigenvalue weighted by Crippen LogP contribution is -2.57. The molecule has 1 N–H and O–H groups in total. The second kappa shape index (κ2) is 5.63. The van der Waals surface area contributed by atoms with Crippen LogP contribution in [0.4, 0.5) is 4.79 Å². The van der Waals surface area contributed by atoms with E-state index in [0.29, 0.717) is 13.2 Å². The molecule has 1 spiro atoms. The third kappa shape index (κ3) is 3.72. The van der Waals surface area contributed by atoms with Crippen molar-refractivity contribution >= 4 is 17.8 Å². The van der Waals surface area contributed by atoms with Crippen LogP contribution in [0.1, 0.15) is 27.2 Å². The van der Waals surface area contributed by atoms with E-state index in [1.54, 1.807) is 20.8 Å². The minimum absolute atomic E-state index is 0.0486. The predicted molar refractivity (Wildman–Crippen MR) is 73.7 cm³/mol. The average Bonchev–Trinajstić information content (AvgIpc) is 2.56. The fraction of sp³-hybridized carbons (Fsp3) is 0.786. The van der Waals surface area contributed by atoms with Crippen LogP contribution in [0.5, 0.6) is 0 Å². The quantitative estimate of drug-likeness (QED) is 0.696. The number of nitrogens with one attached hydrogen (secondary N) is 1. The maximum Gasteiger partial charge on any atom is 0.410 e.